The van der Waals surface area contributed by atoms with E-state index in [-0.39, 0.29) is 35.6 Å². The topological polar surface area (TPSA) is 83.5 Å². The molecule has 1 aliphatic carbocycles. The summed E-state index contributed by atoms with van der Waals surface area (Å²) in [5.41, 5.74) is 1.94. The number of rotatable bonds is 2. The standard InChI is InChI=1S/C20H18N4O3/c25-18(12-5-6-16-17(9-12)22-8-7-21-16)23-10-13(11-23)24-19(26)14-3-1-2-4-15(14)20(24)27/h1-2,5-9,13-15H,3-4,10-11H2. The van der Waals surface area contributed by atoms with Crippen molar-refractivity contribution in [3.05, 3.63) is 48.3 Å². The van der Waals surface area contributed by atoms with Crippen LogP contribution < -0.4 is 0 Å². The zero-order chi connectivity index (χ0) is 18.5. The zero-order valence-electron chi connectivity index (χ0n) is 14.6. The number of hydrogen-bond donors (Lipinski definition) is 0. The first-order valence-electron chi connectivity index (χ1n) is 9.15. The van der Waals surface area contributed by atoms with Gasteiger partial charge in [-0.05, 0) is 31.0 Å². The van der Waals surface area contributed by atoms with Crippen molar-refractivity contribution in [3.63, 3.8) is 0 Å². The van der Waals surface area contributed by atoms with E-state index >= 15 is 0 Å². The number of likely N-dealkylation sites (tertiary alicyclic amines) is 2. The minimum Gasteiger partial charge on any atom is -0.334 e. The van der Waals surface area contributed by atoms with Crippen molar-refractivity contribution < 1.29 is 14.4 Å². The van der Waals surface area contributed by atoms with Gasteiger partial charge in [-0.3, -0.25) is 29.3 Å². The summed E-state index contributed by atoms with van der Waals surface area (Å²) in [6, 6.07) is 5.03. The van der Waals surface area contributed by atoms with Gasteiger partial charge in [-0.15, -0.1) is 0 Å². The number of imide groups is 1. The van der Waals surface area contributed by atoms with Crippen molar-refractivity contribution in [3.8, 4) is 0 Å². The molecule has 2 fully saturated rings. The summed E-state index contributed by atoms with van der Waals surface area (Å²) in [6.07, 6.45) is 8.44. The maximum atomic E-state index is 12.7. The Hall–Kier alpha value is -3.09. The van der Waals surface area contributed by atoms with E-state index in [0.717, 1.165) is 5.52 Å². The van der Waals surface area contributed by atoms with Gasteiger partial charge in [0.25, 0.3) is 5.91 Å². The lowest BCUT2D eigenvalue weighted by molar-refractivity contribution is -0.145. The quantitative estimate of drug-likeness (QED) is 0.596. The van der Waals surface area contributed by atoms with E-state index in [1.807, 2.05) is 12.2 Å². The van der Waals surface area contributed by atoms with Crippen molar-refractivity contribution in [2.75, 3.05) is 13.1 Å². The van der Waals surface area contributed by atoms with E-state index in [9.17, 15) is 14.4 Å². The van der Waals surface area contributed by atoms with Gasteiger partial charge in [0.1, 0.15) is 0 Å². The summed E-state index contributed by atoms with van der Waals surface area (Å²) in [4.78, 5) is 49.5. The van der Waals surface area contributed by atoms with Crippen LogP contribution in [-0.4, -0.2) is 56.6 Å². The van der Waals surface area contributed by atoms with Crippen LogP contribution in [0.15, 0.2) is 42.7 Å². The average molecular weight is 362 g/mol. The highest BCUT2D eigenvalue weighted by molar-refractivity contribution is 6.06. The van der Waals surface area contributed by atoms with Gasteiger partial charge in [0, 0.05) is 31.0 Å². The number of carbonyl (C=O) groups is 3. The van der Waals surface area contributed by atoms with Gasteiger partial charge in [0.15, 0.2) is 0 Å². The summed E-state index contributed by atoms with van der Waals surface area (Å²) in [6.45, 7) is 0.781. The third-order valence-corrected chi connectivity index (χ3v) is 5.77. The molecule has 5 rings (SSSR count). The molecule has 2 saturated heterocycles. The molecule has 0 saturated carbocycles. The molecule has 2 atom stereocenters. The fraction of sp³-hybridized carbons (Fsp3) is 0.350. The summed E-state index contributed by atoms with van der Waals surface area (Å²) in [7, 11) is 0. The van der Waals surface area contributed by atoms with Crippen molar-refractivity contribution >= 4 is 28.8 Å². The fourth-order valence-corrected chi connectivity index (χ4v) is 4.25. The molecule has 3 aliphatic rings. The molecule has 1 aromatic carbocycles. The molecular weight excluding hydrogens is 344 g/mol. The van der Waals surface area contributed by atoms with Crippen molar-refractivity contribution in [2.45, 2.75) is 18.9 Å². The monoisotopic (exact) mass is 362 g/mol. The maximum absolute atomic E-state index is 12.7. The van der Waals surface area contributed by atoms with Crippen molar-refractivity contribution in [2.24, 2.45) is 11.8 Å². The first-order valence-corrected chi connectivity index (χ1v) is 9.15. The van der Waals surface area contributed by atoms with Crippen LogP contribution in [0, 0.1) is 11.8 Å². The van der Waals surface area contributed by atoms with E-state index in [4.69, 9.17) is 0 Å². The number of benzene rings is 1. The van der Waals surface area contributed by atoms with Crippen LogP contribution >= 0.6 is 0 Å². The number of allylic oxidation sites excluding steroid dienone is 2. The van der Waals surface area contributed by atoms with Crippen LogP contribution in [0.1, 0.15) is 23.2 Å². The second-order valence-electron chi connectivity index (χ2n) is 7.33. The minimum absolute atomic E-state index is 0.0765. The summed E-state index contributed by atoms with van der Waals surface area (Å²) >= 11 is 0. The van der Waals surface area contributed by atoms with Crippen molar-refractivity contribution in [1.82, 2.24) is 19.8 Å². The SMILES string of the molecule is O=C(c1ccc2nccnc2c1)N1CC(N2C(=O)C3CC=CCC3C2=O)C1. The molecule has 2 unspecified atom stereocenters. The Morgan fingerprint density at radius 1 is 0.926 bits per heavy atom. The molecule has 27 heavy (non-hydrogen) atoms. The second kappa shape index (κ2) is 5.97. The van der Waals surface area contributed by atoms with Crippen LogP contribution in [-0.2, 0) is 9.59 Å². The van der Waals surface area contributed by atoms with Crippen LogP contribution in [0.2, 0.25) is 0 Å². The number of hydrogen-bond acceptors (Lipinski definition) is 5. The van der Waals surface area contributed by atoms with Crippen LogP contribution in [0.3, 0.4) is 0 Å². The molecular formula is C20H18N4O3. The predicted octanol–water partition coefficient (Wildman–Crippen LogP) is 1.41. The van der Waals surface area contributed by atoms with Gasteiger partial charge in [-0.1, -0.05) is 12.2 Å². The van der Waals surface area contributed by atoms with E-state index in [1.54, 1.807) is 35.5 Å². The minimum atomic E-state index is -0.216. The fourth-order valence-electron chi connectivity index (χ4n) is 4.25. The van der Waals surface area contributed by atoms with Crippen LogP contribution in [0.4, 0.5) is 0 Å². The van der Waals surface area contributed by atoms with Gasteiger partial charge in [0.2, 0.25) is 11.8 Å². The molecule has 1 aromatic heterocycles. The summed E-state index contributed by atoms with van der Waals surface area (Å²) < 4.78 is 0. The molecule has 2 aromatic rings. The van der Waals surface area contributed by atoms with Gasteiger partial charge >= 0.3 is 0 Å². The number of carbonyl (C=O) groups excluding carboxylic acids is 3. The molecule has 0 radical (unpaired) electrons. The molecule has 136 valence electrons. The summed E-state index contributed by atoms with van der Waals surface area (Å²) in [5, 5.41) is 0. The Morgan fingerprint density at radius 2 is 1.56 bits per heavy atom. The molecule has 7 heteroatoms. The predicted molar refractivity (Wildman–Crippen MR) is 96.4 cm³/mol. The maximum Gasteiger partial charge on any atom is 0.254 e. The van der Waals surface area contributed by atoms with Crippen LogP contribution in [0.5, 0.6) is 0 Å². The lowest BCUT2D eigenvalue weighted by atomic mass is 9.85. The lowest BCUT2D eigenvalue weighted by Gasteiger charge is -2.43. The second-order valence-corrected chi connectivity index (χ2v) is 7.33. The molecule has 0 N–H and O–H groups in total. The molecule has 0 bridgehead atoms. The normalized spacial score (nSPS) is 25.0. The Labute approximate surface area is 155 Å². The van der Waals surface area contributed by atoms with Gasteiger partial charge in [-0.2, -0.15) is 0 Å². The van der Waals surface area contributed by atoms with Gasteiger partial charge < -0.3 is 4.90 Å². The zero-order valence-corrected chi connectivity index (χ0v) is 14.6. The highest BCUT2D eigenvalue weighted by Gasteiger charge is 2.52. The smallest absolute Gasteiger partial charge is 0.254 e. The van der Waals surface area contributed by atoms with E-state index < -0.39 is 0 Å². The molecule has 0 spiro atoms. The third-order valence-electron chi connectivity index (χ3n) is 5.77. The van der Waals surface area contributed by atoms with Gasteiger partial charge in [0.05, 0.1) is 28.9 Å². The summed E-state index contributed by atoms with van der Waals surface area (Å²) in [5.74, 6) is -0.700. The first kappa shape index (κ1) is 16.1. The van der Waals surface area contributed by atoms with Gasteiger partial charge in [-0.25, -0.2) is 0 Å². The number of fused-ring (bicyclic) bond motifs is 2. The largest absolute Gasteiger partial charge is 0.334 e. The first-order chi connectivity index (χ1) is 13.1. The number of aromatic nitrogens is 2. The molecule has 7 nitrogen and oxygen atoms in total. The number of nitrogens with zero attached hydrogens (tertiary/aromatic N) is 4. The average Bonchev–Trinajstić information content (AvgIpc) is 2.92. The lowest BCUT2D eigenvalue weighted by Crippen LogP contribution is -2.62. The highest BCUT2D eigenvalue weighted by Crippen LogP contribution is 2.37. The van der Waals surface area contributed by atoms with E-state index in [2.05, 4.69) is 9.97 Å². The highest BCUT2D eigenvalue weighted by atomic mass is 16.2. The van der Waals surface area contributed by atoms with E-state index in [1.165, 1.54) is 4.90 Å². The third kappa shape index (κ3) is 2.45. The Kier molecular flexibility index (Phi) is 3.56. The Bertz CT molecular complexity index is 970. The molecule has 2 aliphatic heterocycles. The Balaban J connectivity index is 1.29. The van der Waals surface area contributed by atoms with Crippen molar-refractivity contribution in [1.29, 1.82) is 0 Å². The molecule has 3 amide bonds. The molecule has 3 heterocycles. The van der Waals surface area contributed by atoms with E-state index in [0.29, 0.717) is 37.0 Å². The number of amides is 3. The van der Waals surface area contributed by atoms with Crippen LogP contribution in [0.25, 0.3) is 11.0 Å². The Morgan fingerprint density at radius 3 is 2.22 bits per heavy atom.